The minimum absolute atomic E-state index is 0.00334. The van der Waals surface area contributed by atoms with Crippen LogP contribution in [0, 0.1) is 18.3 Å². The monoisotopic (exact) mass is 622 g/mol. The average Bonchev–Trinajstić information content (AvgIpc) is 3.45. The number of nitrogens with one attached hydrogen (secondary N) is 1. The van der Waals surface area contributed by atoms with E-state index < -0.39 is 41.1 Å². The van der Waals surface area contributed by atoms with Crippen molar-refractivity contribution >= 4 is 11.9 Å². The molecule has 0 aliphatic heterocycles. The fraction of sp³-hybridized carbons (Fsp3) is 0.290. The maximum absolute atomic E-state index is 13.8. The van der Waals surface area contributed by atoms with Gasteiger partial charge in [0.25, 0.3) is 11.5 Å². The van der Waals surface area contributed by atoms with Gasteiger partial charge < -0.3 is 10.1 Å². The number of hydrogen-bond donors (Lipinski definition) is 1. The Morgan fingerprint density at radius 2 is 1.78 bits per heavy atom. The van der Waals surface area contributed by atoms with Crippen molar-refractivity contribution in [2.75, 3.05) is 27.7 Å². The van der Waals surface area contributed by atoms with Crippen LogP contribution in [0.5, 0.6) is 0 Å². The normalized spacial score (nSPS) is 12.3. The zero-order valence-electron chi connectivity index (χ0n) is 25.2. The molecular weight excluding hydrogens is 591 g/mol. The Balaban J connectivity index is 1.84. The van der Waals surface area contributed by atoms with Gasteiger partial charge in [0.15, 0.2) is 5.69 Å². The number of hydrogen-bond acceptors (Lipinski definition) is 7. The first-order valence-electron chi connectivity index (χ1n) is 13.7. The quantitative estimate of drug-likeness (QED) is 0.170. The molecule has 4 aromatic rings. The Hall–Kier alpha value is -5.29. The second-order valence-electron chi connectivity index (χ2n) is 11.1. The van der Waals surface area contributed by atoms with Crippen LogP contribution >= 0.6 is 0 Å². The Morgan fingerprint density at radius 1 is 1.09 bits per heavy atom. The molecule has 0 spiro atoms. The van der Waals surface area contributed by atoms with Gasteiger partial charge in [0.05, 0.1) is 68.0 Å². The summed E-state index contributed by atoms with van der Waals surface area (Å²) in [5, 5.41) is 16.1. The second-order valence-corrected chi connectivity index (χ2v) is 11.1. The third kappa shape index (κ3) is 7.27. The third-order valence-electron chi connectivity index (χ3n) is 6.92. The van der Waals surface area contributed by atoms with Crippen LogP contribution in [0.4, 0.5) is 13.2 Å². The van der Waals surface area contributed by atoms with Crippen molar-refractivity contribution < 1.29 is 32.0 Å². The lowest BCUT2D eigenvalue weighted by Gasteiger charge is -2.32. The minimum Gasteiger partial charge on any atom is -0.413 e. The number of ether oxygens (including phenoxy) is 1. The van der Waals surface area contributed by atoms with Gasteiger partial charge in [-0.2, -0.15) is 23.5 Å². The first-order valence-corrected chi connectivity index (χ1v) is 13.7. The number of nitrogens with zero attached hydrogens (tertiary/aromatic N) is 6. The summed E-state index contributed by atoms with van der Waals surface area (Å²) in [5.74, 6) is -1.36. The van der Waals surface area contributed by atoms with Gasteiger partial charge in [0, 0.05) is 19.2 Å². The summed E-state index contributed by atoms with van der Waals surface area (Å²) < 4.78 is 49.0. The van der Waals surface area contributed by atoms with E-state index in [1.807, 2.05) is 27.2 Å². The Kier molecular flexibility index (Phi) is 9.24. The van der Waals surface area contributed by atoms with Gasteiger partial charge in [0.1, 0.15) is 5.69 Å². The molecule has 1 amide bonds. The molecule has 0 fully saturated rings. The highest BCUT2D eigenvalue weighted by Gasteiger charge is 2.32. The van der Waals surface area contributed by atoms with Crippen molar-refractivity contribution in [3.63, 3.8) is 0 Å². The maximum Gasteiger partial charge on any atom is 0.416 e. The molecule has 234 valence electrons. The molecule has 11 nitrogen and oxygen atoms in total. The fourth-order valence-corrected chi connectivity index (χ4v) is 4.68. The van der Waals surface area contributed by atoms with Crippen molar-refractivity contribution in [3.05, 3.63) is 93.7 Å². The standard InChI is InChI=1S/C31H30F3N7O4/c1-19-27(25-13-16-37-40(25)23-11-9-21(18-35)10-12-23)38-28(29(43)36-15-14-26(41(3,4)5)45-20(2)42)30(44)39(19)24-8-6-7-22(17-24)31(32,33)34/h6-13,16-17,26H,14-15H2,1-5H3/p+1. The SMILES string of the molecule is CC(=O)OC(CCNC(=O)c1nc(-c2ccnn2-c2ccc(C#N)cc2)c(C)n(-c2cccc(C(F)(F)F)c2)c1=O)[N+](C)(C)C. The highest BCUT2D eigenvalue weighted by molar-refractivity contribution is 5.92. The number of rotatable bonds is 9. The predicted molar refractivity (Wildman–Crippen MR) is 157 cm³/mol. The molecule has 0 radical (unpaired) electrons. The zero-order chi connectivity index (χ0) is 33.1. The van der Waals surface area contributed by atoms with Crippen molar-refractivity contribution in [2.45, 2.75) is 32.7 Å². The van der Waals surface area contributed by atoms with E-state index in [4.69, 9.17) is 10.00 Å². The Morgan fingerprint density at radius 3 is 2.38 bits per heavy atom. The summed E-state index contributed by atoms with van der Waals surface area (Å²) in [4.78, 5) is 43.2. The Labute approximate surface area is 256 Å². The van der Waals surface area contributed by atoms with Gasteiger partial charge in [-0.25, -0.2) is 9.67 Å². The number of quaternary nitrogens is 1. The van der Waals surface area contributed by atoms with E-state index in [1.54, 1.807) is 30.3 Å². The number of esters is 1. The summed E-state index contributed by atoms with van der Waals surface area (Å²) in [5.41, 5.74) is -1.02. The van der Waals surface area contributed by atoms with E-state index in [9.17, 15) is 27.6 Å². The lowest BCUT2D eigenvalue weighted by Crippen LogP contribution is -2.49. The largest absolute Gasteiger partial charge is 0.416 e. The van der Waals surface area contributed by atoms with Gasteiger partial charge in [0.2, 0.25) is 6.23 Å². The van der Waals surface area contributed by atoms with Crippen molar-refractivity contribution in [2.24, 2.45) is 0 Å². The lowest BCUT2D eigenvalue weighted by molar-refractivity contribution is -0.917. The van der Waals surface area contributed by atoms with Crippen LogP contribution in [0.25, 0.3) is 22.8 Å². The molecule has 1 atom stereocenters. The van der Waals surface area contributed by atoms with Gasteiger partial charge >= 0.3 is 12.1 Å². The number of aromatic nitrogens is 4. The highest BCUT2D eigenvalue weighted by Crippen LogP contribution is 2.31. The third-order valence-corrected chi connectivity index (χ3v) is 6.92. The Bertz CT molecular complexity index is 1830. The smallest absolute Gasteiger partial charge is 0.413 e. The van der Waals surface area contributed by atoms with Crippen LogP contribution in [0.3, 0.4) is 0 Å². The minimum atomic E-state index is -4.68. The van der Waals surface area contributed by atoms with Crippen molar-refractivity contribution in [1.82, 2.24) is 24.6 Å². The molecule has 0 aliphatic rings. The lowest BCUT2D eigenvalue weighted by atomic mass is 10.1. The van der Waals surface area contributed by atoms with Crippen LogP contribution in [0.2, 0.25) is 0 Å². The van der Waals surface area contributed by atoms with Gasteiger partial charge in [-0.05, 0) is 55.5 Å². The fourth-order valence-electron chi connectivity index (χ4n) is 4.68. The molecular formula is C31H31F3N7O4+. The second kappa shape index (κ2) is 12.7. The summed E-state index contributed by atoms with van der Waals surface area (Å²) in [6, 6.07) is 14.3. The number of nitriles is 1. The van der Waals surface area contributed by atoms with E-state index in [1.165, 1.54) is 36.9 Å². The van der Waals surface area contributed by atoms with Crippen LogP contribution in [0.1, 0.15) is 40.7 Å². The van der Waals surface area contributed by atoms with E-state index in [0.717, 1.165) is 16.7 Å². The van der Waals surface area contributed by atoms with Crippen molar-refractivity contribution in [3.8, 4) is 28.8 Å². The van der Waals surface area contributed by atoms with E-state index in [2.05, 4.69) is 15.4 Å². The summed E-state index contributed by atoms with van der Waals surface area (Å²) >= 11 is 0. The number of carbonyl (C=O) groups excluding carboxylic acids is 2. The first-order chi connectivity index (χ1) is 21.1. The number of alkyl halides is 3. The highest BCUT2D eigenvalue weighted by atomic mass is 19.4. The van der Waals surface area contributed by atoms with Crippen LogP contribution < -0.4 is 10.9 Å². The summed E-state index contributed by atoms with van der Waals surface area (Å²) in [6.07, 6.45) is -3.61. The molecule has 0 saturated heterocycles. The first kappa shape index (κ1) is 32.6. The molecule has 45 heavy (non-hydrogen) atoms. The maximum atomic E-state index is 13.8. The molecule has 2 heterocycles. The topological polar surface area (TPSA) is 132 Å². The van der Waals surface area contributed by atoms with Gasteiger partial charge in [-0.15, -0.1) is 0 Å². The van der Waals surface area contributed by atoms with Crippen LogP contribution in [-0.4, -0.2) is 69.6 Å². The molecule has 1 N–H and O–H groups in total. The molecule has 0 saturated carbocycles. The zero-order valence-corrected chi connectivity index (χ0v) is 25.2. The number of carbonyl (C=O) groups is 2. The van der Waals surface area contributed by atoms with E-state index in [0.29, 0.717) is 16.9 Å². The van der Waals surface area contributed by atoms with E-state index >= 15 is 0 Å². The molecule has 1 unspecified atom stereocenters. The van der Waals surface area contributed by atoms with E-state index in [-0.39, 0.29) is 34.5 Å². The van der Waals surface area contributed by atoms with Crippen LogP contribution in [-0.2, 0) is 15.7 Å². The molecule has 4 rings (SSSR count). The van der Waals surface area contributed by atoms with Gasteiger partial charge in [-0.1, -0.05) is 6.07 Å². The average molecular weight is 623 g/mol. The number of amides is 1. The summed E-state index contributed by atoms with van der Waals surface area (Å²) in [6.45, 7) is 2.79. The molecule has 2 aromatic heterocycles. The molecule has 2 aromatic carbocycles. The number of halogens is 3. The number of benzene rings is 2. The van der Waals surface area contributed by atoms with Crippen LogP contribution in [0.15, 0.2) is 65.6 Å². The summed E-state index contributed by atoms with van der Waals surface area (Å²) in [7, 11) is 5.44. The van der Waals surface area contributed by atoms with Gasteiger partial charge in [-0.3, -0.25) is 23.4 Å². The van der Waals surface area contributed by atoms with Crippen molar-refractivity contribution in [1.29, 1.82) is 5.26 Å². The molecule has 0 bridgehead atoms. The predicted octanol–water partition coefficient (Wildman–Crippen LogP) is 4.00. The molecule has 14 heteroatoms. The molecule has 0 aliphatic carbocycles.